The molecule has 0 unspecified atom stereocenters. The number of carbonyl (C=O) groups excluding carboxylic acids is 1. The third-order valence-electron chi connectivity index (χ3n) is 5.63. The minimum absolute atomic E-state index is 0.0723. The van der Waals surface area contributed by atoms with Crippen LogP contribution in [-0.2, 0) is 14.8 Å². The van der Waals surface area contributed by atoms with Crippen molar-refractivity contribution in [1.82, 2.24) is 9.21 Å². The molecule has 1 aliphatic carbocycles. The van der Waals surface area contributed by atoms with Crippen LogP contribution in [-0.4, -0.2) is 55.8 Å². The molecule has 1 aliphatic rings. The van der Waals surface area contributed by atoms with Gasteiger partial charge in [-0.3, -0.25) is 4.79 Å². The van der Waals surface area contributed by atoms with Crippen molar-refractivity contribution in [3.8, 4) is 0 Å². The highest BCUT2D eigenvalue weighted by molar-refractivity contribution is 7.89. The Morgan fingerprint density at radius 1 is 1.07 bits per heavy atom. The molecule has 158 valence electrons. The summed E-state index contributed by atoms with van der Waals surface area (Å²) in [5, 5.41) is 3.14. The van der Waals surface area contributed by atoms with E-state index in [2.05, 4.69) is 5.32 Å². The third-order valence-corrected chi connectivity index (χ3v) is 7.82. The average Bonchev–Trinajstić information content (AvgIpc) is 2.69. The zero-order valence-electron chi connectivity index (χ0n) is 17.7. The van der Waals surface area contributed by atoms with Crippen molar-refractivity contribution in [3.63, 3.8) is 0 Å². The summed E-state index contributed by atoms with van der Waals surface area (Å²) in [6.07, 6.45) is 5.79. The molecule has 0 saturated heterocycles. The van der Waals surface area contributed by atoms with Crippen LogP contribution in [0.15, 0.2) is 23.1 Å². The van der Waals surface area contributed by atoms with E-state index in [1.165, 1.54) is 23.6 Å². The average molecular weight is 410 g/mol. The van der Waals surface area contributed by atoms with Gasteiger partial charge in [-0.15, -0.1) is 0 Å². The first-order chi connectivity index (χ1) is 13.3. The third kappa shape index (κ3) is 5.26. The SMILES string of the molecule is CCN(C(=O)CNc1ccc(C)c(S(=O)(=O)N(CC)CC)c1)C1CCCCC1. The van der Waals surface area contributed by atoms with Gasteiger partial charge < -0.3 is 10.2 Å². The van der Waals surface area contributed by atoms with Crippen LogP contribution in [0.2, 0.25) is 0 Å². The molecule has 2 rings (SSSR count). The number of benzene rings is 1. The molecule has 28 heavy (non-hydrogen) atoms. The second-order valence-corrected chi connectivity index (χ2v) is 9.30. The quantitative estimate of drug-likeness (QED) is 0.676. The van der Waals surface area contributed by atoms with Gasteiger partial charge in [-0.25, -0.2) is 8.42 Å². The van der Waals surface area contributed by atoms with Crippen molar-refractivity contribution >= 4 is 21.6 Å². The molecule has 0 heterocycles. The van der Waals surface area contributed by atoms with Gasteiger partial charge in [0.2, 0.25) is 15.9 Å². The van der Waals surface area contributed by atoms with Crippen molar-refractivity contribution in [1.29, 1.82) is 0 Å². The summed E-state index contributed by atoms with van der Waals surface area (Å²) >= 11 is 0. The topological polar surface area (TPSA) is 69.7 Å². The second-order valence-electron chi connectivity index (χ2n) is 7.39. The predicted molar refractivity (Wildman–Crippen MR) is 114 cm³/mol. The van der Waals surface area contributed by atoms with E-state index in [-0.39, 0.29) is 12.5 Å². The van der Waals surface area contributed by atoms with Crippen LogP contribution in [0, 0.1) is 6.92 Å². The number of carbonyl (C=O) groups is 1. The number of aryl methyl sites for hydroxylation is 1. The zero-order valence-corrected chi connectivity index (χ0v) is 18.5. The Morgan fingerprint density at radius 3 is 2.29 bits per heavy atom. The first-order valence-corrected chi connectivity index (χ1v) is 11.9. The molecule has 1 aromatic rings. The van der Waals surface area contributed by atoms with Gasteiger partial charge in [0.1, 0.15) is 0 Å². The number of rotatable bonds is 9. The molecule has 1 amide bonds. The lowest BCUT2D eigenvalue weighted by Crippen LogP contribution is -2.43. The molecule has 1 N–H and O–H groups in total. The van der Waals surface area contributed by atoms with Crippen molar-refractivity contribution < 1.29 is 13.2 Å². The van der Waals surface area contributed by atoms with Gasteiger partial charge in [0.15, 0.2) is 0 Å². The Labute approximate surface area is 170 Å². The fourth-order valence-corrected chi connectivity index (χ4v) is 5.71. The summed E-state index contributed by atoms with van der Waals surface area (Å²) < 4.78 is 27.2. The Balaban J connectivity index is 2.11. The van der Waals surface area contributed by atoms with Gasteiger partial charge in [0, 0.05) is 31.4 Å². The summed E-state index contributed by atoms with van der Waals surface area (Å²) in [4.78, 5) is 15.0. The van der Waals surface area contributed by atoms with Crippen LogP contribution in [0.3, 0.4) is 0 Å². The van der Waals surface area contributed by atoms with Crippen molar-refractivity contribution in [3.05, 3.63) is 23.8 Å². The molecular formula is C21H35N3O3S. The van der Waals surface area contributed by atoms with Crippen LogP contribution in [0.5, 0.6) is 0 Å². The maximum absolute atomic E-state index is 12.9. The van der Waals surface area contributed by atoms with Gasteiger partial charge in [0.05, 0.1) is 11.4 Å². The van der Waals surface area contributed by atoms with E-state index in [0.717, 1.165) is 12.8 Å². The maximum Gasteiger partial charge on any atom is 0.243 e. The van der Waals surface area contributed by atoms with Crippen LogP contribution >= 0.6 is 0 Å². The van der Waals surface area contributed by atoms with Crippen molar-refractivity contribution in [2.24, 2.45) is 0 Å². The molecule has 0 atom stereocenters. The number of anilines is 1. The summed E-state index contributed by atoms with van der Waals surface area (Å²) in [5.74, 6) is 0.0723. The minimum atomic E-state index is -3.53. The molecule has 0 aliphatic heterocycles. The fraction of sp³-hybridized carbons (Fsp3) is 0.667. The lowest BCUT2D eigenvalue weighted by molar-refractivity contribution is -0.132. The van der Waals surface area contributed by atoms with E-state index in [4.69, 9.17) is 0 Å². The standard InChI is InChI=1S/C21H35N3O3S/c1-5-23(6-2)28(26,27)20-15-18(14-13-17(20)4)22-16-21(25)24(7-3)19-11-9-8-10-12-19/h13-15,19,22H,5-12,16H2,1-4H3. The van der Waals surface area contributed by atoms with Crippen molar-refractivity contribution in [2.75, 3.05) is 31.5 Å². The Kier molecular flexibility index (Phi) is 8.31. The maximum atomic E-state index is 12.9. The molecule has 1 saturated carbocycles. The largest absolute Gasteiger partial charge is 0.376 e. The highest BCUT2D eigenvalue weighted by atomic mass is 32.2. The normalized spacial score (nSPS) is 15.6. The molecule has 7 heteroatoms. The van der Waals surface area contributed by atoms with E-state index >= 15 is 0 Å². The highest BCUT2D eigenvalue weighted by Gasteiger charge is 2.25. The number of sulfonamides is 1. The van der Waals surface area contributed by atoms with Gasteiger partial charge in [0.25, 0.3) is 0 Å². The van der Waals surface area contributed by atoms with E-state index in [1.807, 2.05) is 31.7 Å². The van der Waals surface area contributed by atoms with Crippen LogP contribution in [0.4, 0.5) is 5.69 Å². The molecular weight excluding hydrogens is 374 g/mol. The second kappa shape index (κ2) is 10.3. The van der Waals surface area contributed by atoms with Gasteiger partial charge in [-0.1, -0.05) is 39.2 Å². The highest BCUT2D eigenvalue weighted by Crippen LogP contribution is 2.25. The van der Waals surface area contributed by atoms with Crippen molar-refractivity contribution in [2.45, 2.75) is 70.7 Å². The molecule has 0 spiro atoms. The van der Waals surface area contributed by atoms with Gasteiger partial charge in [-0.05, 0) is 44.4 Å². The fourth-order valence-electron chi connectivity index (χ4n) is 4.00. The molecule has 1 fully saturated rings. The molecule has 0 aromatic heterocycles. The van der Waals surface area contributed by atoms with E-state index in [9.17, 15) is 13.2 Å². The smallest absolute Gasteiger partial charge is 0.243 e. The lowest BCUT2D eigenvalue weighted by Gasteiger charge is -2.33. The van der Waals surface area contributed by atoms with E-state index in [0.29, 0.717) is 41.8 Å². The van der Waals surface area contributed by atoms with Crippen LogP contribution in [0.25, 0.3) is 0 Å². The summed E-state index contributed by atoms with van der Waals surface area (Å²) in [7, 11) is -3.53. The molecule has 6 nitrogen and oxygen atoms in total. The lowest BCUT2D eigenvalue weighted by atomic mass is 9.94. The van der Waals surface area contributed by atoms with Crippen LogP contribution < -0.4 is 5.32 Å². The molecule has 0 bridgehead atoms. The Hall–Kier alpha value is -1.60. The monoisotopic (exact) mass is 409 g/mol. The summed E-state index contributed by atoms with van der Waals surface area (Å²) in [6, 6.07) is 5.61. The van der Waals surface area contributed by atoms with Gasteiger partial charge in [-0.2, -0.15) is 4.31 Å². The first kappa shape index (κ1) is 22.7. The number of hydrogen-bond donors (Lipinski definition) is 1. The molecule has 1 aromatic carbocycles. The first-order valence-electron chi connectivity index (χ1n) is 10.5. The number of likely N-dealkylation sites (N-methyl/N-ethyl adjacent to an activating group) is 1. The van der Waals surface area contributed by atoms with Gasteiger partial charge >= 0.3 is 0 Å². The zero-order chi connectivity index (χ0) is 20.7. The minimum Gasteiger partial charge on any atom is -0.376 e. The Morgan fingerprint density at radius 2 is 1.71 bits per heavy atom. The number of nitrogens with one attached hydrogen (secondary N) is 1. The number of amides is 1. The number of nitrogens with zero attached hydrogens (tertiary/aromatic N) is 2. The van der Waals surface area contributed by atoms with E-state index < -0.39 is 10.0 Å². The Bertz CT molecular complexity index is 754. The summed E-state index contributed by atoms with van der Waals surface area (Å²) in [6.45, 7) is 9.24. The number of hydrogen-bond acceptors (Lipinski definition) is 4. The molecule has 0 radical (unpaired) electrons. The predicted octanol–water partition coefficient (Wildman–Crippen LogP) is 3.62. The van der Waals surface area contributed by atoms with Crippen LogP contribution in [0.1, 0.15) is 58.4 Å². The summed E-state index contributed by atoms with van der Waals surface area (Å²) in [5.41, 5.74) is 1.37. The van der Waals surface area contributed by atoms with E-state index in [1.54, 1.807) is 19.1 Å².